The number of pyridine rings is 1. The van der Waals surface area contributed by atoms with Crippen LogP contribution in [0.1, 0.15) is 31.7 Å². The van der Waals surface area contributed by atoms with Gasteiger partial charge in [-0.3, -0.25) is 11.4 Å². The first kappa shape index (κ1) is 21.2. The molecule has 1 aliphatic rings. The number of nitrogens with two attached hydrogens (primary N) is 1. The van der Waals surface area contributed by atoms with Crippen molar-refractivity contribution in [1.82, 2.24) is 10.3 Å². The van der Waals surface area contributed by atoms with Gasteiger partial charge in [-0.15, -0.1) is 0 Å². The van der Waals surface area contributed by atoms with Crippen molar-refractivity contribution in [2.75, 3.05) is 0 Å². The summed E-state index contributed by atoms with van der Waals surface area (Å²) in [5.41, 5.74) is 7.54. The summed E-state index contributed by atoms with van der Waals surface area (Å²) >= 11 is 0. The van der Waals surface area contributed by atoms with Crippen molar-refractivity contribution >= 4 is 0 Å². The van der Waals surface area contributed by atoms with Crippen LogP contribution in [0.25, 0.3) is 0 Å². The predicted molar refractivity (Wildman–Crippen MR) is 71.7 cm³/mol. The summed E-state index contributed by atoms with van der Waals surface area (Å²) in [4.78, 5) is 4.47. The number of nitrogens with one attached hydrogen (secondary N) is 1. The van der Waals surface area contributed by atoms with Crippen LogP contribution in [0.3, 0.4) is 0 Å². The van der Waals surface area contributed by atoms with E-state index in [1.165, 1.54) is 0 Å². The molecule has 1 unspecified atom stereocenters. The van der Waals surface area contributed by atoms with E-state index in [0.29, 0.717) is 12.6 Å². The van der Waals surface area contributed by atoms with Crippen molar-refractivity contribution in [3.8, 4) is 0 Å². The second kappa shape index (κ2) is 10.9. The molecule has 0 bridgehead atoms. The van der Waals surface area contributed by atoms with Gasteiger partial charge in [0.15, 0.2) is 0 Å². The Morgan fingerprint density at radius 1 is 1.35 bits per heavy atom. The van der Waals surface area contributed by atoms with Crippen molar-refractivity contribution in [2.24, 2.45) is 5.73 Å². The van der Waals surface area contributed by atoms with Gasteiger partial charge in [0, 0.05) is 84.6 Å². The first-order valence-electron chi connectivity index (χ1n) is 6.61. The van der Waals surface area contributed by atoms with Crippen LogP contribution in [0.4, 0.5) is 0 Å². The Hall–Kier alpha value is 1.24. The molecule has 3 atom stereocenters. The van der Waals surface area contributed by atoms with Gasteiger partial charge in [0.1, 0.15) is 0 Å². The molecule has 2 radical (unpaired) electrons. The zero-order chi connectivity index (χ0) is 13.0. The number of hydrogen-bond acceptors (Lipinski definition) is 4. The number of nitrogens with zero attached hydrogens (tertiary/aromatic N) is 1. The normalized spacial score (nSPS) is 24.9. The molecule has 4 nitrogen and oxygen atoms in total. The van der Waals surface area contributed by atoms with Crippen LogP contribution in [0, 0.1) is 6.42 Å². The summed E-state index contributed by atoms with van der Waals surface area (Å²) in [6, 6.07) is 6.27. The molecule has 2 rings (SSSR count). The fourth-order valence-corrected chi connectivity index (χ4v) is 2.22. The summed E-state index contributed by atoms with van der Waals surface area (Å²) in [6.07, 6.45) is 3.79. The van der Waals surface area contributed by atoms with Gasteiger partial charge in [0.25, 0.3) is 0 Å². The second-order valence-corrected chi connectivity index (χ2v) is 4.71. The van der Waals surface area contributed by atoms with Crippen molar-refractivity contribution in [3.63, 3.8) is 0 Å². The molecule has 1 saturated heterocycles. The van der Waals surface area contributed by atoms with Gasteiger partial charge < -0.3 is 15.8 Å². The fourth-order valence-electron chi connectivity index (χ4n) is 2.22. The van der Waals surface area contributed by atoms with Gasteiger partial charge in [-0.2, -0.15) is 0 Å². The molecule has 1 aromatic rings. The number of ether oxygens (including phenoxy) is 1. The van der Waals surface area contributed by atoms with Crippen LogP contribution in [-0.4, -0.2) is 23.2 Å². The van der Waals surface area contributed by atoms with Gasteiger partial charge in [0.05, 0.1) is 11.4 Å². The first-order chi connectivity index (χ1) is 8.72. The van der Waals surface area contributed by atoms with Crippen LogP contribution in [0.5, 0.6) is 0 Å². The molecular weight excluding hydrogens is 404 g/mol. The number of aromatic nitrogens is 1. The molecule has 1 aliphatic heterocycles. The molecular formula is C14H22N3OY2-. The molecule has 3 N–H and O–H groups in total. The average molecular weight is 426 g/mol. The van der Waals surface area contributed by atoms with Gasteiger partial charge in [-0.25, -0.2) is 0 Å². The summed E-state index contributed by atoms with van der Waals surface area (Å²) in [5.74, 6) is 0. The smallest absolute Gasteiger partial charge is 0.0544 e. The topological polar surface area (TPSA) is 60.2 Å². The Morgan fingerprint density at radius 3 is 2.65 bits per heavy atom. The molecule has 0 aromatic carbocycles. The SMILES string of the molecule is CC[C@@H]1[CH-]C(NCc2cccc(CN)n2)[C@H](C)O1.[Y].[Y]. The molecule has 0 amide bonds. The molecule has 1 fully saturated rings. The molecule has 0 aliphatic carbocycles. The third-order valence-corrected chi connectivity index (χ3v) is 3.31. The molecule has 2 heterocycles. The standard InChI is InChI=1S/C14H22N3O.2Y/c1-3-13-7-14(10(2)18-13)16-9-12-6-4-5-11(8-15)17-12;;/h4-7,10,13-14,16H,3,8-9,15H2,1-2H3;;/q-1;;/t10-,13+,14?;;/m0../s1. The fraction of sp³-hybridized carbons (Fsp3) is 0.571. The Labute approximate surface area is 172 Å². The molecule has 0 saturated carbocycles. The first-order valence-corrected chi connectivity index (χ1v) is 6.61. The minimum Gasteiger partial charge on any atom is -0.408 e. The molecule has 0 spiro atoms. The third kappa shape index (κ3) is 6.16. The Morgan fingerprint density at radius 2 is 2.05 bits per heavy atom. The van der Waals surface area contributed by atoms with Crippen LogP contribution in [-0.2, 0) is 83.2 Å². The Balaban J connectivity index is 0.00000180. The van der Waals surface area contributed by atoms with Crippen molar-refractivity contribution in [1.29, 1.82) is 0 Å². The molecule has 106 valence electrons. The zero-order valence-corrected chi connectivity index (χ0v) is 17.9. The molecule has 20 heavy (non-hydrogen) atoms. The quantitative estimate of drug-likeness (QED) is 0.700. The van der Waals surface area contributed by atoms with E-state index >= 15 is 0 Å². The average Bonchev–Trinajstić information content (AvgIpc) is 2.77. The van der Waals surface area contributed by atoms with Crippen LogP contribution >= 0.6 is 0 Å². The zero-order valence-electron chi connectivity index (χ0n) is 12.3. The van der Waals surface area contributed by atoms with E-state index in [4.69, 9.17) is 10.5 Å². The number of rotatable bonds is 5. The summed E-state index contributed by atoms with van der Waals surface area (Å²) in [6.45, 7) is 5.48. The van der Waals surface area contributed by atoms with Crippen molar-refractivity contribution in [3.05, 3.63) is 36.0 Å². The van der Waals surface area contributed by atoms with E-state index < -0.39 is 0 Å². The van der Waals surface area contributed by atoms with E-state index in [1.807, 2.05) is 18.2 Å². The van der Waals surface area contributed by atoms with Gasteiger partial charge in [-0.1, -0.05) is 31.6 Å². The Kier molecular flexibility index (Phi) is 11.6. The van der Waals surface area contributed by atoms with Crippen LogP contribution in [0.2, 0.25) is 0 Å². The summed E-state index contributed by atoms with van der Waals surface area (Å²) in [5, 5.41) is 3.48. The van der Waals surface area contributed by atoms with Crippen LogP contribution in [0.15, 0.2) is 18.2 Å². The maximum atomic E-state index is 5.80. The maximum absolute atomic E-state index is 5.80. The van der Waals surface area contributed by atoms with Gasteiger partial charge in [0.2, 0.25) is 0 Å². The minimum atomic E-state index is 0. The maximum Gasteiger partial charge on any atom is 0.0544 e. The van der Waals surface area contributed by atoms with Gasteiger partial charge in [-0.05, 0) is 19.1 Å². The van der Waals surface area contributed by atoms with E-state index in [2.05, 4.69) is 30.6 Å². The van der Waals surface area contributed by atoms with Crippen LogP contribution < -0.4 is 11.1 Å². The van der Waals surface area contributed by atoms with E-state index in [9.17, 15) is 0 Å². The number of hydrogen-bond donors (Lipinski definition) is 2. The van der Waals surface area contributed by atoms with Crippen molar-refractivity contribution < 1.29 is 70.2 Å². The molecule has 6 heteroatoms. The van der Waals surface area contributed by atoms with E-state index in [0.717, 1.165) is 24.4 Å². The van der Waals surface area contributed by atoms with E-state index in [-0.39, 0.29) is 77.6 Å². The molecule has 1 aromatic heterocycles. The van der Waals surface area contributed by atoms with Crippen molar-refractivity contribution in [2.45, 2.75) is 51.6 Å². The minimum absolute atomic E-state index is 0. The summed E-state index contributed by atoms with van der Waals surface area (Å²) < 4.78 is 5.80. The third-order valence-electron chi connectivity index (χ3n) is 3.31. The van der Waals surface area contributed by atoms with E-state index in [1.54, 1.807) is 0 Å². The monoisotopic (exact) mass is 426 g/mol. The Bertz CT molecular complexity index is 392. The second-order valence-electron chi connectivity index (χ2n) is 4.71. The predicted octanol–water partition coefficient (Wildman–Crippen LogP) is 1.40. The van der Waals surface area contributed by atoms with Gasteiger partial charge >= 0.3 is 0 Å². The largest absolute Gasteiger partial charge is 0.408 e. The summed E-state index contributed by atoms with van der Waals surface area (Å²) in [7, 11) is 0.